The van der Waals surface area contributed by atoms with Crippen LogP contribution in [0.2, 0.25) is 0 Å². The number of rotatable bonds is 2. The molecule has 0 saturated carbocycles. The zero-order valence-corrected chi connectivity index (χ0v) is 11.7. The SMILES string of the molecule is COc1c(O)cc2c(c1O)C(=O)C[C@@H](c1ccc(O)cc1)O2. The number of hydrogen-bond acceptors (Lipinski definition) is 6. The Balaban J connectivity index is 2.03. The summed E-state index contributed by atoms with van der Waals surface area (Å²) in [5.41, 5.74) is 0.719. The highest BCUT2D eigenvalue weighted by molar-refractivity contribution is 6.03. The molecule has 2 aromatic carbocycles. The number of Topliss-reactive ketones (excluding diaryl/α,β-unsaturated/α-hetero) is 1. The standard InChI is InChI=1S/C16H14O6/c1-21-16-11(19)7-13-14(15(16)20)10(18)6-12(22-13)8-2-4-9(17)5-3-8/h2-5,7,12,17,19-20H,6H2,1H3/t12-/m0/s1. The van der Waals surface area contributed by atoms with Crippen LogP contribution in [0.3, 0.4) is 0 Å². The second kappa shape index (κ2) is 5.14. The van der Waals surface area contributed by atoms with Crippen LogP contribution in [0.5, 0.6) is 28.7 Å². The Morgan fingerprint density at radius 2 is 1.86 bits per heavy atom. The quantitative estimate of drug-likeness (QED) is 0.789. The van der Waals surface area contributed by atoms with Gasteiger partial charge in [-0.25, -0.2) is 0 Å². The molecule has 0 aliphatic carbocycles. The number of methoxy groups -OCH3 is 1. The molecule has 3 rings (SSSR count). The van der Waals surface area contributed by atoms with Crippen LogP contribution in [-0.2, 0) is 0 Å². The van der Waals surface area contributed by atoms with Crippen LogP contribution in [0.1, 0.15) is 28.4 Å². The highest BCUT2D eigenvalue weighted by atomic mass is 16.5. The number of fused-ring (bicyclic) bond motifs is 1. The third kappa shape index (κ3) is 2.18. The molecule has 0 saturated heterocycles. The predicted molar refractivity (Wildman–Crippen MR) is 76.7 cm³/mol. The van der Waals surface area contributed by atoms with E-state index in [0.717, 1.165) is 0 Å². The fraction of sp³-hybridized carbons (Fsp3) is 0.188. The summed E-state index contributed by atoms with van der Waals surface area (Å²) >= 11 is 0. The summed E-state index contributed by atoms with van der Waals surface area (Å²) in [5.74, 6) is -0.977. The fourth-order valence-corrected chi connectivity index (χ4v) is 2.52. The van der Waals surface area contributed by atoms with Crippen molar-refractivity contribution in [2.45, 2.75) is 12.5 Å². The molecule has 0 radical (unpaired) electrons. The topological polar surface area (TPSA) is 96.2 Å². The van der Waals surface area contributed by atoms with Gasteiger partial charge in [-0.2, -0.15) is 0 Å². The summed E-state index contributed by atoms with van der Waals surface area (Å²) in [6, 6.07) is 7.56. The zero-order valence-electron chi connectivity index (χ0n) is 11.7. The number of phenols is 3. The molecule has 1 heterocycles. The maximum atomic E-state index is 12.3. The third-order valence-electron chi connectivity index (χ3n) is 3.59. The maximum absolute atomic E-state index is 12.3. The van der Waals surface area contributed by atoms with Gasteiger partial charge in [0.15, 0.2) is 17.3 Å². The Morgan fingerprint density at radius 3 is 2.50 bits per heavy atom. The summed E-state index contributed by atoms with van der Waals surface area (Å²) in [4.78, 5) is 12.3. The van der Waals surface area contributed by atoms with E-state index >= 15 is 0 Å². The Kier molecular flexibility index (Phi) is 3.29. The van der Waals surface area contributed by atoms with Crippen molar-refractivity contribution >= 4 is 5.78 Å². The average Bonchev–Trinajstić information content (AvgIpc) is 2.47. The van der Waals surface area contributed by atoms with Crippen LogP contribution in [0.25, 0.3) is 0 Å². The van der Waals surface area contributed by atoms with Crippen molar-refractivity contribution in [2.75, 3.05) is 7.11 Å². The van der Waals surface area contributed by atoms with Crippen molar-refractivity contribution in [3.8, 4) is 28.7 Å². The molecule has 0 unspecified atom stereocenters. The minimum absolute atomic E-state index is 0.00433. The first-order valence-corrected chi connectivity index (χ1v) is 6.63. The van der Waals surface area contributed by atoms with Gasteiger partial charge in [0.25, 0.3) is 0 Å². The van der Waals surface area contributed by atoms with Crippen molar-refractivity contribution in [2.24, 2.45) is 0 Å². The number of aromatic hydroxyl groups is 3. The van der Waals surface area contributed by atoms with Crippen LogP contribution in [0.4, 0.5) is 0 Å². The summed E-state index contributed by atoms with van der Waals surface area (Å²) in [5, 5.41) is 29.2. The first-order valence-electron chi connectivity index (χ1n) is 6.63. The number of carbonyl (C=O) groups excluding carboxylic acids is 1. The molecule has 6 heteroatoms. The van der Waals surface area contributed by atoms with Crippen LogP contribution < -0.4 is 9.47 Å². The van der Waals surface area contributed by atoms with Crippen LogP contribution >= 0.6 is 0 Å². The average molecular weight is 302 g/mol. The molecular formula is C16H14O6. The smallest absolute Gasteiger partial charge is 0.203 e. The highest BCUT2D eigenvalue weighted by Crippen LogP contribution is 2.48. The van der Waals surface area contributed by atoms with Crippen molar-refractivity contribution in [1.29, 1.82) is 0 Å². The van der Waals surface area contributed by atoms with Gasteiger partial charge in [0, 0.05) is 6.07 Å². The molecule has 1 aliphatic heterocycles. The van der Waals surface area contributed by atoms with Crippen molar-refractivity contribution < 1.29 is 29.6 Å². The lowest BCUT2D eigenvalue weighted by Gasteiger charge is -2.26. The van der Waals surface area contributed by atoms with E-state index in [1.54, 1.807) is 12.1 Å². The first kappa shape index (κ1) is 14.1. The number of benzene rings is 2. The molecule has 114 valence electrons. The fourth-order valence-electron chi connectivity index (χ4n) is 2.52. The molecule has 6 nitrogen and oxygen atoms in total. The lowest BCUT2D eigenvalue weighted by molar-refractivity contribution is 0.0843. The molecule has 0 bridgehead atoms. The second-order valence-electron chi connectivity index (χ2n) is 4.98. The van der Waals surface area contributed by atoms with Gasteiger partial charge in [0.2, 0.25) is 5.75 Å². The Bertz CT molecular complexity index is 735. The van der Waals surface area contributed by atoms with E-state index < -0.39 is 11.9 Å². The van der Waals surface area contributed by atoms with E-state index in [4.69, 9.17) is 9.47 Å². The summed E-state index contributed by atoms with van der Waals surface area (Å²) in [6.45, 7) is 0. The second-order valence-corrected chi connectivity index (χ2v) is 4.98. The van der Waals surface area contributed by atoms with E-state index in [1.807, 2.05) is 0 Å². The van der Waals surface area contributed by atoms with Crippen LogP contribution in [-0.4, -0.2) is 28.2 Å². The minimum Gasteiger partial charge on any atom is -0.508 e. The van der Waals surface area contributed by atoms with E-state index in [-0.39, 0.29) is 40.8 Å². The van der Waals surface area contributed by atoms with Crippen molar-refractivity contribution in [1.82, 2.24) is 0 Å². The third-order valence-corrected chi connectivity index (χ3v) is 3.59. The summed E-state index contributed by atoms with van der Waals surface area (Å²) in [7, 11) is 1.29. The Labute approximate surface area is 126 Å². The first-order chi connectivity index (χ1) is 10.5. The molecule has 22 heavy (non-hydrogen) atoms. The number of phenolic OH excluding ortho intramolecular Hbond substituents is 3. The van der Waals surface area contributed by atoms with Crippen molar-refractivity contribution in [3.05, 3.63) is 41.5 Å². The van der Waals surface area contributed by atoms with Gasteiger partial charge >= 0.3 is 0 Å². The molecule has 1 aliphatic rings. The van der Waals surface area contributed by atoms with Gasteiger partial charge in [0.05, 0.1) is 13.5 Å². The molecule has 0 spiro atoms. The van der Waals surface area contributed by atoms with Crippen LogP contribution in [0.15, 0.2) is 30.3 Å². The van der Waals surface area contributed by atoms with Gasteiger partial charge in [0.1, 0.15) is 23.2 Å². The Morgan fingerprint density at radius 1 is 1.18 bits per heavy atom. The van der Waals surface area contributed by atoms with Crippen LogP contribution in [0, 0.1) is 0 Å². The summed E-state index contributed by atoms with van der Waals surface area (Å²) < 4.78 is 10.6. The molecule has 0 aromatic heterocycles. The van der Waals surface area contributed by atoms with E-state index in [1.165, 1.54) is 25.3 Å². The van der Waals surface area contributed by atoms with E-state index in [0.29, 0.717) is 5.56 Å². The van der Waals surface area contributed by atoms with Gasteiger partial charge in [-0.3, -0.25) is 4.79 Å². The number of ketones is 1. The summed E-state index contributed by atoms with van der Waals surface area (Å²) in [6.07, 6.45) is -0.507. The van der Waals surface area contributed by atoms with E-state index in [9.17, 15) is 20.1 Å². The van der Waals surface area contributed by atoms with Gasteiger partial charge in [-0.05, 0) is 17.7 Å². The normalized spacial score (nSPS) is 16.8. The number of carbonyl (C=O) groups is 1. The molecule has 0 amide bonds. The van der Waals surface area contributed by atoms with Gasteiger partial charge in [-0.1, -0.05) is 12.1 Å². The largest absolute Gasteiger partial charge is 0.508 e. The minimum atomic E-state index is -0.548. The Hall–Kier alpha value is -2.89. The number of hydrogen-bond donors (Lipinski definition) is 3. The van der Waals surface area contributed by atoms with E-state index in [2.05, 4.69) is 0 Å². The number of ether oxygens (including phenoxy) is 2. The molecular weight excluding hydrogens is 288 g/mol. The predicted octanol–water partition coefficient (Wildman–Crippen LogP) is 2.52. The molecule has 0 fully saturated rings. The monoisotopic (exact) mass is 302 g/mol. The molecule has 2 aromatic rings. The van der Waals surface area contributed by atoms with Gasteiger partial charge < -0.3 is 24.8 Å². The molecule has 3 N–H and O–H groups in total. The zero-order chi connectivity index (χ0) is 15.9. The van der Waals surface area contributed by atoms with Crippen molar-refractivity contribution in [3.63, 3.8) is 0 Å². The highest BCUT2D eigenvalue weighted by Gasteiger charge is 2.33. The van der Waals surface area contributed by atoms with Gasteiger partial charge in [-0.15, -0.1) is 0 Å². The maximum Gasteiger partial charge on any atom is 0.203 e. The lowest BCUT2D eigenvalue weighted by Crippen LogP contribution is -2.20. The molecule has 1 atom stereocenters. The lowest BCUT2D eigenvalue weighted by atomic mass is 9.95.